The van der Waals surface area contributed by atoms with Gasteiger partial charge in [0.05, 0.1) is 20.1 Å². The predicted molar refractivity (Wildman–Crippen MR) is 87.7 cm³/mol. The average Bonchev–Trinajstić information content (AvgIpc) is 2.56. The minimum Gasteiger partial charge on any atom is -0.497 e. The first-order chi connectivity index (χ1) is 11.1. The fraction of sp³-hybridized carbons (Fsp3) is 0.278. The minimum absolute atomic E-state index is 0.157. The van der Waals surface area contributed by atoms with Crippen molar-refractivity contribution in [3.05, 3.63) is 54.1 Å². The molecular weight excluding hydrogens is 294 g/mol. The third-order valence-electron chi connectivity index (χ3n) is 3.28. The smallest absolute Gasteiger partial charge is 0.307 e. The van der Waals surface area contributed by atoms with Crippen LogP contribution in [0.5, 0.6) is 17.2 Å². The van der Waals surface area contributed by atoms with Gasteiger partial charge in [-0.25, -0.2) is 0 Å². The molecule has 0 aliphatic rings. The average molecular weight is 315 g/mol. The summed E-state index contributed by atoms with van der Waals surface area (Å²) in [6.45, 7) is 2.13. The second-order valence-electron chi connectivity index (χ2n) is 4.97. The van der Waals surface area contributed by atoms with Crippen molar-refractivity contribution in [3.63, 3.8) is 0 Å². The van der Waals surface area contributed by atoms with Gasteiger partial charge in [-0.15, -0.1) is 0 Å². The molecule has 0 heterocycles. The summed E-state index contributed by atoms with van der Waals surface area (Å²) in [5, 5.41) is 0. The molecule has 2 aromatic rings. The largest absolute Gasteiger partial charge is 0.497 e. The van der Waals surface area contributed by atoms with Crippen molar-refractivity contribution in [3.8, 4) is 17.2 Å². The maximum absolute atomic E-state index is 11.5. The van der Waals surface area contributed by atoms with E-state index in [-0.39, 0.29) is 18.4 Å². The highest BCUT2D eigenvalue weighted by atomic mass is 16.5. The van der Waals surface area contributed by atoms with Gasteiger partial charge in [0.2, 0.25) is 0 Å². The number of carbonyl (C=O) groups is 1. The van der Waals surface area contributed by atoms with Crippen molar-refractivity contribution >= 4 is 5.97 Å². The summed E-state index contributed by atoms with van der Waals surface area (Å²) in [7, 11) is 1.61. The maximum Gasteiger partial charge on any atom is 0.307 e. The summed E-state index contributed by atoms with van der Waals surface area (Å²) in [6.07, 6.45) is 0.157. The van der Waals surface area contributed by atoms with E-state index in [9.17, 15) is 4.79 Å². The molecule has 0 aliphatic carbocycles. The molecule has 0 amide bonds. The second-order valence-corrected chi connectivity index (χ2v) is 4.97. The second kappa shape index (κ2) is 8.19. The van der Waals surface area contributed by atoms with Crippen LogP contribution in [0.1, 0.15) is 24.9 Å². The van der Waals surface area contributed by atoms with Gasteiger partial charge in [0.1, 0.15) is 17.2 Å². The van der Waals surface area contributed by atoms with Gasteiger partial charge in [-0.3, -0.25) is 4.79 Å². The number of rotatable bonds is 7. The first-order valence-corrected chi connectivity index (χ1v) is 7.45. The van der Waals surface area contributed by atoms with Crippen LogP contribution in [0.2, 0.25) is 0 Å². The molecule has 0 saturated heterocycles. The summed E-state index contributed by atoms with van der Waals surface area (Å²) < 4.78 is 15.8. The lowest BCUT2D eigenvalue weighted by Crippen LogP contribution is -2.17. The Labute approximate surface area is 136 Å². The zero-order chi connectivity index (χ0) is 16.7. The van der Waals surface area contributed by atoms with Crippen LogP contribution < -0.4 is 15.2 Å². The summed E-state index contributed by atoms with van der Waals surface area (Å²) in [4.78, 5) is 11.5. The summed E-state index contributed by atoms with van der Waals surface area (Å²) in [5.41, 5.74) is 6.87. The molecule has 0 spiro atoms. The van der Waals surface area contributed by atoms with E-state index in [1.165, 1.54) is 0 Å². The Bertz CT molecular complexity index is 640. The van der Waals surface area contributed by atoms with Gasteiger partial charge in [-0.2, -0.15) is 0 Å². The summed E-state index contributed by atoms with van der Waals surface area (Å²) in [6, 6.07) is 14.3. The van der Waals surface area contributed by atoms with E-state index in [1.54, 1.807) is 20.1 Å². The summed E-state index contributed by atoms with van der Waals surface area (Å²) >= 11 is 0. The lowest BCUT2D eigenvalue weighted by atomic mass is 10.0. The topological polar surface area (TPSA) is 70.8 Å². The number of nitrogens with two attached hydrogens (primary N) is 1. The Morgan fingerprint density at radius 2 is 1.78 bits per heavy atom. The highest BCUT2D eigenvalue weighted by Crippen LogP contribution is 2.26. The van der Waals surface area contributed by atoms with E-state index in [0.29, 0.717) is 18.1 Å². The van der Waals surface area contributed by atoms with Gasteiger partial charge in [-0.1, -0.05) is 18.2 Å². The van der Waals surface area contributed by atoms with E-state index in [4.69, 9.17) is 19.9 Å². The normalized spacial score (nSPS) is 11.6. The molecule has 0 radical (unpaired) electrons. The number of esters is 1. The van der Waals surface area contributed by atoms with Crippen LogP contribution >= 0.6 is 0 Å². The van der Waals surface area contributed by atoms with E-state index in [0.717, 1.165) is 11.3 Å². The molecule has 2 N–H and O–H groups in total. The van der Waals surface area contributed by atoms with Crippen LogP contribution in [0.25, 0.3) is 0 Å². The lowest BCUT2D eigenvalue weighted by molar-refractivity contribution is -0.143. The molecule has 2 aromatic carbocycles. The minimum atomic E-state index is -0.389. The quantitative estimate of drug-likeness (QED) is 0.793. The Kier molecular flexibility index (Phi) is 6.00. The molecule has 5 heteroatoms. The van der Waals surface area contributed by atoms with Gasteiger partial charge < -0.3 is 19.9 Å². The molecular formula is C18H21NO4. The first kappa shape index (κ1) is 16.8. The molecule has 0 aliphatic heterocycles. The number of methoxy groups -OCH3 is 1. The number of benzene rings is 2. The van der Waals surface area contributed by atoms with E-state index >= 15 is 0 Å². The highest BCUT2D eigenvalue weighted by molar-refractivity contribution is 5.70. The van der Waals surface area contributed by atoms with Crippen molar-refractivity contribution < 1.29 is 19.0 Å². The van der Waals surface area contributed by atoms with Crippen molar-refractivity contribution in [2.24, 2.45) is 5.73 Å². The maximum atomic E-state index is 11.5. The third kappa shape index (κ3) is 5.00. The summed E-state index contributed by atoms with van der Waals surface area (Å²) in [5.74, 6) is 1.81. The number of hydrogen-bond donors (Lipinski definition) is 1. The molecule has 5 nitrogen and oxygen atoms in total. The Hall–Kier alpha value is -2.53. The van der Waals surface area contributed by atoms with Crippen molar-refractivity contribution in [1.29, 1.82) is 0 Å². The van der Waals surface area contributed by atoms with Crippen LogP contribution in [0.15, 0.2) is 48.5 Å². The van der Waals surface area contributed by atoms with Gasteiger partial charge in [0, 0.05) is 12.1 Å². The molecule has 2 rings (SSSR count). The Balaban J connectivity index is 1.99. The number of hydrogen-bond acceptors (Lipinski definition) is 5. The Morgan fingerprint density at radius 1 is 1.09 bits per heavy atom. The predicted octanol–water partition coefficient (Wildman–Crippen LogP) is 3.44. The van der Waals surface area contributed by atoms with Gasteiger partial charge in [0.25, 0.3) is 0 Å². The fourth-order valence-electron chi connectivity index (χ4n) is 2.10. The van der Waals surface area contributed by atoms with Crippen LogP contribution in [0, 0.1) is 0 Å². The number of ether oxygens (including phenoxy) is 3. The van der Waals surface area contributed by atoms with Gasteiger partial charge in [0.15, 0.2) is 0 Å². The molecule has 0 bridgehead atoms. The van der Waals surface area contributed by atoms with Gasteiger partial charge >= 0.3 is 5.97 Å². The van der Waals surface area contributed by atoms with Crippen molar-refractivity contribution in [2.45, 2.75) is 19.4 Å². The third-order valence-corrected chi connectivity index (χ3v) is 3.28. The molecule has 0 aromatic heterocycles. The van der Waals surface area contributed by atoms with E-state index in [1.807, 2.05) is 42.5 Å². The van der Waals surface area contributed by atoms with Crippen LogP contribution in [-0.2, 0) is 9.53 Å². The van der Waals surface area contributed by atoms with E-state index in [2.05, 4.69) is 0 Å². The highest BCUT2D eigenvalue weighted by Gasteiger charge is 2.12. The number of carbonyl (C=O) groups excluding carboxylic acids is 1. The first-order valence-electron chi connectivity index (χ1n) is 7.45. The zero-order valence-electron chi connectivity index (χ0n) is 13.3. The van der Waals surface area contributed by atoms with Crippen LogP contribution in [0.3, 0.4) is 0 Å². The molecule has 0 saturated carbocycles. The molecule has 0 fully saturated rings. The van der Waals surface area contributed by atoms with Gasteiger partial charge in [-0.05, 0) is 36.8 Å². The molecule has 122 valence electrons. The lowest BCUT2D eigenvalue weighted by Gasteiger charge is -2.12. The molecule has 23 heavy (non-hydrogen) atoms. The van der Waals surface area contributed by atoms with Crippen molar-refractivity contribution in [1.82, 2.24) is 0 Å². The van der Waals surface area contributed by atoms with E-state index < -0.39 is 0 Å². The van der Waals surface area contributed by atoms with Crippen molar-refractivity contribution in [2.75, 3.05) is 13.7 Å². The van der Waals surface area contributed by atoms with Crippen LogP contribution in [-0.4, -0.2) is 19.7 Å². The molecule has 0 unspecified atom stereocenters. The van der Waals surface area contributed by atoms with Crippen LogP contribution in [0.4, 0.5) is 0 Å². The fourth-order valence-corrected chi connectivity index (χ4v) is 2.10. The Morgan fingerprint density at radius 3 is 2.43 bits per heavy atom. The monoisotopic (exact) mass is 315 g/mol. The SMILES string of the molecule is CCOC(=O)C[C@H](N)c1ccc(Oc2cccc(OC)c2)cc1. The zero-order valence-corrected chi connectivity index (χ0v) is 13.3. The molecule has 1 atom stereocenters. The standard InChI is InChI=1S/C18H21NO4/c1-3-22-18(20)12-17(19)13-7-9-14(10-8-13)23-16-6-4-5-15(11-16)21-2/h4-11,17H,3,12,19H2,1-2H3/t17-/m0/s1.